The fourth-order valence-electron chi connectivity index (χ4n) is 1.32. The summed E-state index contributed by atoms with van der Waals surface area (Å²) < 4.78 is 0. The molecule has 0 fully saturated rings. The molecular weight excluding hydrogens is 264 g/mol. The fraction of sp³-hybridized carbons (Fsp3) is 0.385. The predicted octanol–water partition coefficient (Wildman–Crippen LogP) is 2.45. The average Bonchev–Trinajstić information content (AvgIpc) is 2.35. The zero-order valence-corrected chi connectivity index (χ0v) is 12.5. The molecule has 0 heterocycles. The summed E-state index contributed by atoms with van der Waals surface area (Å²) in [5.41, 5.74) is 5.94. The van der Waals surface area contributed by atoms with Crippen LogP contribution in [0.4, 0.5) is 0 Å². The molecule has 0 aliphatic rings. The molecule has 0 atom stereocenters. The van der Waals surface area contributed by atoms with Gasteiger partial charge in [0.25, 0.3) is 5.91 Å². The highest BCUT2D eigenvalue weighted by atomic mass is 32.2. The third kappa shape index (κ3) is 3.71. The Morgan fingerprint density at radius 3 is 2.61 bits per heavy atom. The number of carbonyl (C=O) groups excluding carboxylic acids is 1. The Bertz CT molecular complexity index is 458. The number of benzene rings is 1. The molecule has 0 aliphatic heterocycles. The first-order valence-corrected chi connectivity index (χ1v) is 7.23. The number of rotatable bonds is 5. The molecule has 0 saturated carbocycles. The molecule has 0 bridgehead atoms. The molecule has 1 rings (SSSR count). The lowest BCUT2D eigenvalue weighted by Gasteiger charge is -2.23. The van der Waals surface area contributed by atoms with Crippen molar-refractivity contribution >= 4 is 34.9 Å². The van der Waals surface area contributed by atoms with Crippen LogP contribution in [-0.2, 0) is 0 Å². The molecule has 18 heavy (non-hydrogen) atoms. The van der Waals surface area contributed by atoms with Gasteiger partial charge in [-0.15, -0.1) is 11.8 Å². The summed E-state index contributed by atoms with van der Waals surface area (Å²) >= 11 is 6.52. The van der Waals surface area contributed by atoms with Gasteiger partial charge in [0.1, 0.15) is 0 Å². The van der Waals surface area contributed by atoms with Crippen LogP contribution in [0.25, 0.3) is 0 Å². The van der Waals surface area contributed by atoms with Crippen LogP contribution in [-0.4, -0.2) is 23.7 Å². The van der Waals surface area contributed by atoms with E-state index in [1.54, 1.807) is 11.8 Å². The van der Waals surface area contributed by atoms with Crippen LogP contribution in [0.2, 0.25) is 0 Å². The summed E-state index contributed by atoms with van der Waals surface area (Å²) in [5, 5.41) is 2.88. The number of carbonyl (C=O) groups is 1. The molecule has 0 saturated heterocycles. The van der Waals surface area contributed by atoms with Crippen LogP contribution < -0.4 is 11.1 Å². The van der Waals surface area contributed by atoms with Crippen LogP contribution in [0, 0.1) is 5.41 Å². The van der Waals surface area contributed by atoms with Crippen molar-refractivity contribution in [1.29, 1.82) is 0 Å². The number of thiocarbonyl (C=S) groups is 1. The maximum atomic E-state index is 12.1. The number of hydrogen-bond donors (Lipinski definition) is 2. The van der Waals surface area contributed by atoms with E-state index in [1.165, 1.54) is 0 Å². The van der Waals surface area contributed by atoms with Gasteiger partial charge in [0, 0.05) is 16.9 Å². The van der Waals surface area contributed by atoms with E-state index in [4.69, 9.17) is 18.0 Å². The summed E-state index contributed by atoms with van der Waals surface area (Å²) in [4.78, 5) is 13.5. The van der Waals surface area contributed by atoms with Gasteiger partial charge in [0.2, 0.25) is 0 Å². The zero-order valence-electron chi connectivity index (χ0n) is 10.8. The first kappa shape index (κ1) is 15.0. The Kier molecular flexibility index (Phi) is 5.16. The van der Waals surface area contributed by atoms with Gasteiger partial charge < -0.3 is 11.1 Å². The van der Waals surface area contributed by atoms with Crippen molar-refractivity contribution in [2.75, 3.05) is 12.8 Å². The molecule has 1 aromatic carbocycles. The Morgan fingerprint density at radius 2 is 2.06 bits per heavy atom. The Labute approximate surface area is 118 Å². The summed E-state index contributed by atoms with van der Waals surface area (Å²) in [6.07, 6.45) is 1.95. The van der Waals surface area contributed by atoms with Crippen molar-refractivity contribution in [1.82, 2.24) is 5.32 Å². The van der Waals surface area contributed by atoms with Crippen LogP contribution in [0.1, 0.15) is 24.2 Å². The largest absolute Gasteiger partial charge is 0.393 e. The predicted molar refractivity (Wildman–Crippen MR) is 81.1 cm³/mol. The van der Waals surface area contributed by atoms with Gasteiger partial charge in [-0.25, -0.2) is 0 Å². The molecule has 98 valence electrons. The van der Waals surface area contributed by atoms with E-state index in [1.807, 2.05) is 44.4 Å². The first-order valence-electron chi connectivity index (χ1n) is 5.59. The minimum Gasteiger partial charge on any atom is -0.393 e. The Balaban J connectivity index is 2.75. The van der Waals surface area contributed by atoms with Crippen LogP contribution in [0.5, 0.6) is 0 Å². The number of amides is 1. The van der Waals surface area contributed by atoms with E-state index in [2.05, 4.69) is 5.32 Å². The normalized spacial score (nSPS) is 11.1. The quantitative estimate of drug-likeness (QED) is 0.643. The molecular formula is C13H18N2OS2. The minimum absolute atomic E-state index is 0.0933. The third-order valence-electron chi connectivity index (χ3n) is 2.71. The zero-order chi connectivity index (χ0) is 13.8. The lowest BCUT2D eigenvalue weighted by molar-refractivity contribution is 0.0942. The average molecular weight is 282 g/mol. The smallest absolute Gasteiger partial charge is 0.252 e. The van der Waals surface area contributed by atoms with Crippen LogP contribution in [0.3, 0.4) is 0 Å². The molecule has 0 aromatic heterocycles. The third-order valence-corrected chi connectivity index (χ3v) is 4.06. The monoisotopic (exact) mass is 282 g/mol. The van der Waals surface area contributed by atoms with Crippen molar-refractivity contribution in [2.24, 2.45) is 11.1 Å². The standard InChI is InChI=1S/C13H18N2OS2/c1-13(2,12(14)17)8-15-11(16)9-6-4-5-7-10(9)18-3/h4-7H,8H2,1-3H3,(H2,14,17)(H,15,16). The summed E-state index contributed by atoms with van der Waals surface area (Å²) in [5.74, 6) is -0.0933. The van der Waals surface area contributed by atoms with E-state index >= 15 is 0 Å². The van der Waals surface area contributed by atoms with Gasteiger partial charge >= 0.3 is 0 Å². The molecule has 0 spiro atoms. The number of nitrogens with one attached hydrogen (secondary N) is 1. The molecule has 0 aliphatic carbocycles. The highest BCUT2D eigenvalue weighted by molar-refractivity contribution is 7.98. The minimum atomic E-state index is -0.376. The van der Waals surface area contributed by atoms with E-state index < -0.39 is 0 Å². The molecule has 3 N–H and O–H groups in total. The highest BCUT2D eigenvalue weighted by Crippen LogP contribution is 2.20. The van der Waals surface area contributed by atoms with Gasteiger partial charge in [-0.1, -0.05) is 38.2 Å². The summed E-state index contributed by atoms with van der Waals surface area (Å²) in [6.45, 7) is 4.26. The van der Waals surface area contributed by atoms with E-state index in [0.29, 0.717) is 17.1 Å². The van der Waals surface area contributed by atoms with Crippen molar-refractivity contribution in [2.45, 2.75) is 18.7 Å². The van der Waals surface area contributed by atoms with Crippen LogP contribution in [0.15, 0.2) is 29.2 Å². The van der Waals surface area contributed by atoms with Crippen LogP contribution >= 0.6 is 24.0 Å². The van der Waals surface area contributed by atoms with Crippen molar-refractivity contribution in [3.63, 3.8) is 0 Å². The maximum absolute atomic E-state index is 12.1. The number of nitrogens with two attached hydrogens (primary N) is 1. The van der Waals surface area contributed by atoms with Gasteiger partial charge in [0.05, 0.1) is 10.6 Å². The van der Waals surface area contributed by atoms with Gasteiger partial charge in [0.15, 0.2) is 0 Å². The van der Waals surface area contributed by atoms with Gasteiger partial charge in [-0.3, -0.25) is 4.79 Å². The summed E-state index contributed by atoms with van der Waals surface area (Å²) in [7, 11) is 0. The topological polar surface area (TPSA) is 55.1 Å². The van der Waals surface area contributed by atoms with Gasteiger partial charge in [-0.2, -0.15) is 0 Å². The van der Waals surface area contributed by atoms with Crippen molar-refractivity contribution in [3.05, 3.63) is 29.8 Å². The molecule has 1 amide bonds. The van der Waals surface area contributed by atoms with E-state index in [0.717, 1.165) is 4.90 Å². The maximum Gasteiger partial charge on any atom is 0.252 e. The molecule has 1 aromatic rings. The van der Waals surface area contributed by atoms with E-state index in [-0.39, 0.29) is 11.3 Å². The fourth-order valence-corrected chi connectivity index (χ4v) is 1.98. The van der Waals surface area contributed by atoms with Crippen molar-refractivity contribution in [3.8, 4) is 0 Å². The highest BCUT2D eigenvalue weighted by Gasteiger charge is 2.22. The molecule has 5 heteroatoms. The second kappa shape index (κ2) is 6.20. The van der Waals surface area contributed by atoms with Gasteiger partial charge in [-0.05, 0) is 18.4 Å². The first-order chi connectivity index (χ1) is 8.38. The second-order valence-electron chi connectivity index (χ2n) is 4.63. The number of hydrogen-bond acceptors (Lipinski definition) is 3. The second-order valence-corrected chi connectivity index (χ2v) is 5.92. The summed E-state index contributed by atoms with van der Waals surface area (Å²) in [6, 6.07) is 7.52. The Morgan fingerprint density at radius 1 is 1.44 bits per heavy atom. The van der Waals surface area contributed by atoms with Crippen molar-refractivity contribution < 1.29 is 4.79 Å². The number of thioether (sulfide) groups is 1. The molecule has 0 unspecified atom stereocenters. The molecule has 3 nitrogen and oxygen atoms in total. The molecule has 0 radical (unpaired) electrons. The lowest BCUT2D eigenvalue weighted by atomic mass is 9.93. The SMILES string of the molecule is CSc1ccccc1C(=O)NCC(C)(C)C(N)=S. The van der Waals surface area contributed by atoms with E-state index in [9.17, 15) is 4.79 Å². The lowest BCUT2D eigenvalue weighted by Crippen LogP contribution is -2.41. The Hall–Kier alpha value is -1.07.